The quantitative estimate of drug-likeness (QED) is 0.168. The Bertz CT molecular complexity index is 1170. The fourth-order valence-electron chi connectivity index (χ4n) is 5.96. The molecule has 8 heteroatoms. The topological polar surface area (TPSA) is 105 Å². The van der Waals surface area contributed by atoms with E-state index in [4.69, 9.17) is 18.9 Å². The van der Waals surface area contributed by atoms with Crippen molar-refractivity contribution in [1.29, 1.82) is 0 Å². The molecule has 222 valence electrons. The maximum Gasteiger partial charge on any atom is 0.333 e. The van der Waals surface area contributed by atoms with Gasteiger partial charge >= 0.3 is 23.9 Å². The van der Waals surface area contributed by atoms with Gasteiger partial charge in [0.2, 0.25) is 0 Å². The van der Waals surface area contributed by atoms with E-state index in [0.717, 1.165) is 37.7 Å². The summed E-state index contributed by atoms with van der Waals surface area (Å²) in [7, 11) is 0. The van der Waals surface area contributed by atoms with Crippen molar-refractivity contribution in [3.05, 3.63) is 60.7 Å². The van der Waals surface area contributed by atoms with Gasteiger partial charge in [-0.15, -0.1) is 0 Å². The second-order valence-electron chi connectivity index (χ2n) is 11.3. The number of rotatable bonds is 7. The summed E-state index contributed by atoms with van der Waals surface area (Å²) in [5.74, 6) is 0.187. The van der Waals surface area contributed by atoms with E-state index in [-0.39, 0.29) is 53.5 Å². The van der Waals surface area contributed by atoms with Gasteiger partial charge in [0.15, 0.2) is 0 Å². The van der Waals surface area contributed by atoms with Crippen molar-refractivity contribution in [2.45, 2.75) is 90.4 Å². The number of esters is 4. The number of hydrogen-bond acceptors (Lipinski definition) is 8. The molecule has 5 atom stereocenters. The molecule has 0 aromatic heterocycles. The number of carbonyl (C=O) groups excluding carboxylic acids is 4. The molecular formula is C33H42O8. The van der Waals surface area contributed by atoms with Gasteiger partial charge in [-0.2, -0.15) is 0 Å². The van der Waals surface area contributed by atoms with Crippen LogP contribution in [0, 0.1) is 17.8 Å². The summed E-state index contributed by atoms with van der Waals surface area (Å²) in [6.45, 7) is 17.5. The summed E-state index contributed by atoms with van der Waals surface area (Å²) in [5, 5.41) is 0. The Kier molecular flexibility index (Phi) is 10.7. The average Bonchev–Trinajstić information content (AvgIpc) is 3.69. The summed E-state index contributed by atoms with van der Waals surface area (Å²) in [6, 6.07) is 7.15. The van der Waals surface area contributed by atoms with Crippen molar-refractivity contribution < 1.29 is 38.1 Å². The van der Waals surface area contributed by atoms with E-state index in [2.05, 4.69) is 26.7 Å². The molecule has 3 aliphatic carbocycles. The molecule has 1 aromatic rings. The minimum Gasteiger partial charge on any atom is -0.458 e. The molecule has 1 heterocycles. The molecule has 41 heavy (non-hydrogen) atoms. The molecule has 1 saturated heterocycles. The summed E-state index contributed by atoms with van der Waals surface area (Å²) < 4.78 is 21.0. The van der Waals surface area contributed by atoms with Gasteiger partial charge in [-0.3, -0.25) is 9.59 Å². The first-order chi connectivity index (χ1) is 19.4. The predicted molar refractivity (Wildman–Crippen MR) is 155 cm³/mol. The molecule has 5 rings (SSSR count). The van der Waals surface area contributed by atoms with Gasteiger partial charge in [-0.1, -0.05) is 44.9 Å². The zero-order valence-electron chi connectivity index (χ0n) is 24.6. The smallest absolute Gasteiger partial charge is 0.333 e. The maximum atomic E-state index is 11.5. The van der Waals surface area contributed by atoms with Gasteiger partial charge in [0, 0.05) is 29.9 Å². The first kappa shape index (κ1) is 31.8. The number of fused-ring (bicyclic) bond motifs is 1. The molecule has 0 amide bonds. The van der Waals surface area contributed by atoms with Crippen LogP contribution >= 0.6 is 0 Å². The van der Waals surface area contributed by atoms with Gasteiger partial charge in [-0.25, -0.2) is 9.59 Å². The van der Waals surface area contributed by atoms with Crippen LogP contribution < -0.4 is 4.74 Å². The molecule has 0 radical (unpaired) electrons. The Hall–Kier alpha value is -3.68. The lowest BCUT2D eigenvalue weighted by Gasteiger charge is -2.27. The van der Waals surface area contributed by atoms with Crippen LogP contribution in [0.25, 0.3) is 6.08 Å². The van der Waals surface area contributed by atoms with Crippen molar-refractivity contribution in [3.8, 4) is 5.75 Å². The SMILES string of the molecule is C=C(C)C(=O)OC1(CC)CCCC1.C=C(C)C(=O)OC1C2CC3C(=O)OC1C3C2.C=Cc1ccc(OC(C)=O)cc1. The van der Waals surface area contributed by atoms with Crippen molar-refractivity contribution in [2.24, 2.45) is 17.8 Å². The molecule has 1 aromatic carbocycles. The standard InChI is InChI=1S/C12H14O4.C11H18O2.C10H10O2/c1-5(2)11(13)15-9-6-3-7-8(4-6)12(14)16-10(7)9;1-4-11(7-5-6-8-11)13-10(12)9(2)3;1-3-9-4-6-10(7-5-9)12-8(2)11/h6-10H,1,3-4H2,2H3;2,4-8H2,1,3H3;3-7H,1H2,2H3. The fraction of sp³-hybridized carbons (Fsp3) is 0.515. The predicted octanol–water partition coefficient (Wildman–Crippen LogP) is 6.14. The van der Waals surface area contributed by atoms with Gasteiger partial charge in [0.25, 0.3) is 0 Å². The van der Waals surface area contributed by atoms with E-state index >= 15 is 0 Å². The van der Waals surface area contributed by atoms with E-state index in [1.165, 1.54) is 19.8 Å². The van der Waals surface area contributed by atoms with E-state index in [1.807, 2.05) is 12.1 Å². The third-order valence-corrected chi connectivity index (χ3v) is 8.20. The number of benzene rings is 1. The van der Waals surface area contributed by atoms with Crippen molar-refractivity contribution in [3.63, 3.8) is 0 Å². The second-order valence-corrected chi connectivity index (χ2v) is 11.3. The highest BCUT2D eigenvalue weighted by Crippen LogP contribution is 2.55. The first-order valence-corrected chi connectivity index (χ1v) is 14.3. The monoisotopic (exact) mass is 566 g/mol. The molecule has 0 N–H and O–H groups in total. The van der Waals surface area contributed by atoms with Crippen LogP contribution in [0.2, 0.25) is 0 Å². The molecular weight excluding hydrogens is 524 g/mol. The minimum absolute atomic E-state index is 0.0646. The Balaban J connectivity index is 0.000000172. The van der Waals surface area contributed by atoms with Crippen LogP contribution in [0.15, 0.2) is 55.1 Å². The lowest BCUT2D eigenvalue weighted by Crippen LogP contribution is -2.36. The fourth-order valence-corrected chi connectivity index (χ4v) is 5.96. The van der Waals surface area contributed by atoms with E-state index in [0.29, 0.717) is 22.8 Å². The van der Waals surface area contributed by atoms with Gasteiger partial charge in [-0.05, 0) is 76.5 Å². The molecule has 2 bridgehead atoms. The van der Waals surface area contributed by atoms with Crippen molar-refractivity contribution in [2.75, 3.05) is 0 Å². The Morgan fingerprint density at radius 1 is 1.00 bits per heavy atom. The zero-order chi connectivity index (χ0) is 30.3. The maximum absolute atomic E-state index is 11.5. The lowest BCUT2D eigenvalue weighted by molar-refractivity contribution is -0.158. The Labute approximate surface area is 242 Å². The van der Waals surface area contributed by atoms with E-state index in [1.54, 1.807) is 32.1 Å². The molecule has 8 nitrogen and oxygen atoms in total. The van der Waals surface area contributed by atoms with Crippen LogP contribution in [0.5, 0.6) is 5.75 Å². The molecule has 5 unspecified atom stereocenters. The molecule has 1 aliphatic heterocycles. The highest BCUT2D eigenvalue weighted by atomic mass is 16.6. The average molecular weight is 567 g/mol. The van der Waals surface area contributed by atoms with Crippen LogP contribution in [0.3, 0.4) is 0 Å². The van der Waals surface area contributed by atoms with Crippen molar-refractivity contribution in [1.82, 2.24) is 0 Å². The normalized spacial score (nSPS) is 25.9. The van der Waals surface area contributed by atoms with Gasteiger partial charge in [0.05, 0.1) is 5.92 Å². The molecule has 0 spiro atoms. The highest BCUT2D eigenvalue weighted by Gasteiger charge is 2.63. The van der Waals surface area contributed by atoms with Crippen LogP contribution in [-0.4, -0.2) is 41.7 Å². The van der Waals surface area contributed by atoms with Crippen LogP contribution in [0.1, 0.15) is 78.2 Å². The second kappa shape index (κ2) is 13.8. The molecule has 4 fully saturated rings. The Morgan fingerprint density at radius 2 is 1.61 bits per heavy atom. The summed E-state index contributed by atoms with van der Waals surface area (Å²) in [5.41, 5.74) is 1.73. The third-order valence-electron chi connectivity index (χ3n) is 8.20. The van der Waals surface area contributed by atoms with Crippen molar-refractivity contribution >= 4 is 30.0 Å². The largest absolute Gasteiger partial charge is 0.458 e. The minimum atomic E-state index is -0.378. The van der Waals surface area contributed by atoms with E-state index in [9.17, 15) is 19.2 Å². The number of carbonyl (C=O) groups is 4. The third kappa shape index (κ3) is 7.96. The summed E-state index contributed by atoms with van der Waals surface area (Å²) >= 11 is 0. The Morgan fingerprint density at radius 3 is 2.12 bits per heavy atom. The van der Waals surface area contributed by atoms with Gasteiger partial charge < -0.3 is 18.9 Å². The van der Waals surface area contributed by atoms with Crippen LogP contribution in [0.4, 0.5) is 0 Å². The summed E-state index contributed by atoms with van der Waals surface area (Å²) in [6.07, 6.45) is 8.38. The zero-order valence-corrected chi connectivity index (χ0v) is 24.6. The van der Waals surface area contributed by atoms with Crippen LogP contribution in [-0.2, 0) is 33.4 Å². The van der Waals surface area contributed by atoms with E-state index < -0.39 is 0 Å². The first-order valence-electron chi connectivity index (χ1n) is 14.3. The number of hydrogen-bond donors (Lipinski definition) is 0. The molecule has 4 aliphatic rings. The van der Waals surface area contributed by atoms with Gasteiger partial charge in [0.1, 0.15) is 23.6 Å². The lowest BCUT2D eigenvalue weighted by atomic mass is 9.88. The summed E-state index contributed by atoms with van der Waals surface area (Å²) in [4.78, 5) is 44.8. The number of ether oxygens (including phenoxy) is 4. The molecule has 3 saturated carbocycles. The highest BCUT2D eigenvalue weighted by molar-refractivity contribution is 5.87.